The Hall–Kier alpha value is -1.76. The van der Waals surface area contributed by atoms with Crippen molar-refractivity contribution in [2.45, 2.75) is 52.0 Å². The Kier molecular flexibility index (Phi) is 4.95. The smallest absolute Gasteiger partial charge is 0.359 e. The summed E-state index contributed by atoms with van der Waals surface area (Å²) in [7, 11) is 3.78. The number of carbonyl (C=O) groups excluding carboxylic acids is 1. The molecule has 3 heterocycles. The minimum Gasteiger partial charge on any atom is -0.359 e. The molecule has 3 aliphatic rings. The average Bonchev–Trinajstić information content (AvgIpc) is 3.23. The molecule has 4 nitrogen and oxygen atoms in total. The van der Waals surface area contributed by atoms with Crippen LogP contribution >= 0.6 is 0 Å². The molecule has 2 fully saturated rings. The van der Waals surface area contributed by atoms with Gasteiger partial charge in [-0.1, -0.05) is 20.8 Å². The summed E-state index contributed by atoms with van der Waals surface area (Å²) in [5.41, 5.74) is 0.189. The van der Waals surface area contributed by atoms with Gasteiger partial charge in [-0.2, -0.15) is 13.2 Å². The number of rotatable bonds is 2. The SMILES string of the molecule is CC.CCC1CN(c2cc3c(c(C(F)(F)F)c2)CN(C)C3=O)CC2C[N+]12C. The Balaban J connectivity index is 0.00000102. The lowest BCUT2D eigenvalue weighted by Gasteiger charge is -2.38. The van der Waals surface area contributed by atoms with Crippen LogP contribution in [0, 0.1) is 0 Å². The highest BCUT2D eigenvalue weighted by atomic mass is 19.4. The molecule has 0 saturated carbocycles. The maximum atomic E-state index is 13.6. The molecule has 0 bridgehead atoms. The molecule has 4 rings (SSSR count). The second-order valence-electron chi connectivity index (χ2n) is 7.83. The molecule has 1 aromatic carbocycles. The van der Waals surface area contributed by atoms with Crippen molar-refractivity contribution in [3.05, 3.63) is 28.8 Å². The van der Waals surface area contributed by atoms with Gasteiger partial charge in [0.05, 0.1) is 25.7 Å². The van der Waals surface area contributed by atoms with Crippen LogP contribution in [0.4, 0.5) is 18.9 Å². The first kappa shape index (κ1) is 20.0. The lowest BCUT2D eigenvalue weighted by molar-refractivity contribution is -0.821. The average molecular weight is 384 g/mol. The number of nitrogens with zero attached hydrogens (tertiary/aromatic N) is 3. The van der Waals surface area contributed by atoms with E-state index in [-0.39, 0.29) is 23.6 Å². The quantitative estimate of drug-likeness (QED) is 0.573. The first-order valence-electron chi connectivity index (χ1n) is 9.74. The largest absolute Gasteiger partial charge is 0.416 e. The Bertz CT molecular complexity index is 749. The second kappa shape index (κ2) is 6.69. The van der Waals surface area contributed by atoms with Crippen molar-refractivity contribution in [1.82, 2.24) is 4.90 Å². The van der Waals surface area contributed by atoms with Gasteiger partial charge in [-0.05, 0) is 24.1 Å². The van der Waals surface area contributed by atoms with Gasteiger partial charge in [-0.25, -0.2) is 0 Å². The van der Waals surface area contributed by atoms with Crippen molar-refractivity contribution < 1.29 is 22.4 Å². The monoisotopic (exact) mass is 384 g/mol. The van der Waals surface area contributed by atoms with E-state index in [1.54, 1.807) is 13.1 Å². The van der Waals surface area contributed by atoms with Crippen LogP contribution in [0.3, 0.4) is 0 Å². The molecule has 3 aliphatic heterocycles. The number of fused-ring (bicyclic) bond motifs is 2. The molecule has 3 atom stereocenters. The van der Waals surface area contributed by atoms with Gasteiger partial charge in [0, 0.05) is 24.8 Å². The lowest BCUT2D eigenvalue weighted by atomic mass is 10.00. The number of likely N-dealkylation sites (N-methyl/N-ethyl adjacent to an activating group) is 1. The molecule has 0 aromatic heterocycles. The highest BCUT2D eigenvalue weighted by Gasteiger charge is 2.59. The van der Waals surface area contributed by atoms with Gasteiger partial charge in [0.25, 0.3) is 5.91 Å². The first-order chi connectivity index (χ1) is 12.6. The molecular weight excluding hydrogens is 355 g/mol. The predicted octanol–water partition coefficient (Wildman–Crippen LogP) is 3.74. The van der Waals surface area contributed by atoms with E-state index in [1.807, 2.05) is 18.7 Å². The number of piperazine rings is 1. The summed E-state index contributed by atoms with van der Waals surface area (Å²) in [6, 6.07) is 3.83. The molecule has 0 radical (unpaired) electrons. The van der Waals surface area contributed by atoms with E-state index in [9.17, 15) is 18.0 Å². The summed E-state index contributed by atoms with van der Waals surface area (Å²) in [5.74, 6) is -0.321. The van der Waals surface area contributed by atoms with E-state index in [4.69, 9.17) is 0 Å². The Labute approximate surface area is 159 Å². The zero-order valence-electron chi connectivity index (χ0n) is 16.7. The molecule has 1 amide bonds. The number of amides is 1. The van der Waals surface area contributed by atoms with Crippen LogP contribution in [0.2, 0.25) is 0 Å². The second-order valence-corrected chi connectivity index (χ2v) is 7.83. The fraction of sp³-hybridized carbons (Fsp3) is 0.650. The Morgan fingerprint density at radius 2 is 1.89 bits per heavy atom. The third-order valence-corrected chi connectivity index (χ3v) is 6.35. The van der Waals surface area contributed by atoms with Crippen LogP contribution in [0.5, 0.6) is 0 Å². The van der Waals surface area contributed by atoms with Crippen LogP contribution in [-0.4, -0.2) is 61.1 Å². The van der Waals surface area contributed by atoms with E-state index in [2.05, 4.69) is 14.0 Å². The highest BCUT2D eigenvalue weighted by molar-refractivity contribution is 5.99. The summed E-state index contributed by atoms with van der Waals surface area (Å²) in [6.45, 7) is 8.75. The van der Waals surface area contributed by atoms with Gasteiger partial charge < -0.3 is 14.3 Å². The lowest BCUT2D eigenvalue weighted by Crippen LogP contribution is -2.52. The van der Waals surface area contributed by atoms with E-state index in [0.29, 0.717) is 17.8 Å². The predicted molar refractivity (Wildman–Crippen MR) is 99.7 cm³/mol. The summed E-state index contributed by atoms with van der Waals surface area (Å²) in [4.78, 5) is 15.7. The van der Waals surface area contributed by atoms with Gasteiger partial charge in [0.15, 0.2) is 6.04 Å². The minimum absolute atomic E-state index is 0.0263. The Morgan fingerprint density at radius 1 is 1.22 bits per heavy atom. The van der Waals surface area contributed by atoms with Gasteiger partial charge >= 0.3 is 6.18 Å². The van der Waals surface area contributed by atoms with Gasteiger partial charge in [-0.3, -0.25) is 4.79 Å². The third-order valence-electron chi connectivity index (χ3n) is 6.35. The van der Waals surface area contributed by atoms with Crippen molar-refractivity contribution in [1.29, 1.82) is 0 Å². The van der Waals surface area contributed by atoms with Crippen LogP contribution in [0.25, 0.3) is 0 Å². The zero-order valence-corrected chi connectivity index (χ0v) is 16.7. The van der Waals surface area contributed by atoms with E-state index in [1.165, 1.54) is 11.0 Å². The number of benzene rings is 1. The normalized spacial score (nSPS) is 29.1. The van der Waals surface area contributed by atoms with Crippen LogP contribution in [-0.2, 0) is 12.7 Å². The van der Waals surface area contributed by atoms with Gasteiger partial charge in [0.2, 0.25) is 0 Å². The fourth-order valence-electron chi connectivity index (χ4n) is 4.59. The number of hydrogen-bond acceptors (Lipinski definition) is 2. The summed E-state index contributed by atoms with van der Waals surface area (Å²) >= 11 is 0. The summed E-state index contributed by atoms with van der Waals surface area (Å²) in [5, 5.41) is 0. The number of anilines is 1. The first-order valence-corrected chi connectivity index (χ1v) is 9.74. The van der Waals surface area contributed by atoms with Crippen molar-refractivity contribution in [2.24, 2.45) is 0 Å². The van der Waals surface area contributed by atoms with Crippen LogP contribution in [0.1, 0.15) is 48.7 Å². The highest BCUT2D eigenvalue weighted by Crippen LogP contribution is 2.43. The maximum absolute atomic E-state index is 13.6. The molecule has 7 heteroatoms. The molecule has 0 N–H and O–H groups in total. The Morgan fingerprint density at radius 3 is 2.48 bits per heavy atom. The molecule has 150 valence electrons. The zero-order chi connectivity index (χ0) is 20.1. The van der Waals surface area contributed by atoms with Crippen LogP contribution < -0.4 is 4.90 Å². The van der Waals surface area contributed by atoms with E-state index < -0.39 is 11.7 Å². The number of quaternary nitrogens is 1. The van der Waals surface area contributed by atoms with Crippen molar-refractivity contribution >= 4 is 11.6 Å². The number of halogens is 3. The minimum atomic E-state index is -4.45. The molecule has 2 saturated heterocycles. The number of alkyl halides is 3. The van der Waals surface area contributed by atoms with Gasteiger partial charge in [0.1, 0.15) is 12.6 Å². The van der Waals surface area contributed by atoms with Crippen molar-refractivity contribution in [3.63, 3.8) is 0 Å². The molecule has 3 unspecified atom stereocenters. The molecule has 0 aliphatic carbocycles. The fourth-order valence-corrected chi connectivity index (χ4v) is 4.59. The van der Waals surface area contributed by atoms with E-state index >= 15 is 0 Å². The molecule has 27 heavy (non-hydrogen) atoms. The van der Waals surface area contributed by atoms with E-state index in [0.717, 1.165) is 30.5 Å². The maximum Gasteiger partial charge on any atom is 0.416 e. The van der Waals surface area contributed by atoms with Gasteiger partial charge in [-0.15, -0.1) is 0 Å². The summed E-state index contributed by atoms with van der Waals surface area (Å²) in [6.07, 6.45) is -3.45. The number of carbonyl (C=O) groups is 1. The standard InChI is InChI=1S/C18H23F3N3O.C2H6/c1-4-12-7-23(8-13-10-24(12,13)3)11-5-14-15(9-22(2)17(14)25)16(6-11)18(19,20)21;1-2/h5-6,12-13H,4,7-10H2,1-3H3;1-2H3/q+1;. The topological polar surface area (TPSA) is 23.6 Å². The third kappa shape index (κ3) is 3.20. The van der Waals surface area contributed by atoms with Crippen molar-refractivity contribution in [2.75, 3.05) is 38.6 Å². The number of hydrogen-bond donors (Lipinski definition) is 0. The molecule has 1 aromatic rings. The molecule has 0 spiro atoms. The molecular formula is C20H29F3N3O+. The summed E-state index contributed by atoms with van der Waals surface area (Å²) < 4.78 is 41.8. The van der Waals surface area contributed by atoms with Crippen LogP contribution in [0.15, 0.2) is 12.1 Å². The van der Waals surface area contributed by atoms with Crippen molar-refractivity contribution in [3.8, 4) is 0 Å².